The highest BCUT2D eigenvalue weighted by atomic mass is 32.1. The first kappa shape index (κ1) is 18.9. The van der Waals surface area contributed by atoms with Gasteiger partial charge >= 0.3 is 0 Å². The maximum Gasteiger partial charge on any atom is 0.229 e. The molecule has 0 saturated carbocycles. The van der Waals surface area contributed by atoms with Gasteiger partial charge in [0.25, 0.3) is 0 Å². The number of H-pyrrole nitrogens is 1. The zero-order chi connectivity index (χ0) is 20.7. The van der Waals surface area contributed by atoms with E-state index in [9.17, 15) is 9.59 Å². The van der Waals surface area contributed by atoms with Crippen LogP contribution in [0.25, 0.3) is 0 Å². The van der Waals surface area contributed by atoms with Gasteiger partial charge in [-0.05, 0) is 12.5 Å². The fourth-order valence-corrected chi connectivity index (χ4v) is 5.04. The average Bonchev–Trinajstić information content (AvgIpc) is 3.45. The third-order valence-electron chi connectivity index (χ3n) is 5.62. The SMILES string of the molecule is Cc1nc2c([nH]1)CN(C(=O)C1CC(=O)N(c3nnc(Cc4ccccc4)s3)C1)CC2. The van der Waals surface area contributed by atoms with E-state index in [2.05, 4.69) is 20.2 Å². The molecule has 1 atom stereocenters. The summed E-state index contributed by atoms with van der Waals surface area (Å²) in [5.74, 6) is 0.493. The number of carbonyl (C=O) groups excluding carboxylic acids is 2. The molecule has 1 aromatic carbocycles. The number of aryl methyl sites for hydroxylation is 1. The Morgan fingerprint density at radius 1 is 1.27 bits per heavy atom. The normalized spacial score (nSPS) is 18.7. The van der Waals surface area contributed by atoms with Gasteiger partial charge in [0.1, 0.15) is 10.8 Å². The van der Waals surface area contributed by atoms with Gasteiger partial charge < -0.3 is 9.88 Å². The van der Waals surface area contributed by atoms with Gasteiger partial charge in [0.2, 0.25) is 16.9 Å². The highest BCUT2D eigenvalue weighted by Crippen LogP contribution is 2.30. The van der Waals surface area contributed by atoms with Crippen molar-refractivity contribution in [2.45, 2.75) is 32.7 Å². The number of nitrogens with one attached hydrogen (secondary N) is 1. The second-order valence-corrected chi connectivity index (χ2v) is 8.84. The molecule has 0 spiro atoms. The van der Waals surface area contributed by atoms with E-state index in [0.717, 1.165) is 34.2 Å². The smallest absolute Gasteiger partial charge is 0.229 e. The van der Waals surface area contributed by atoms with Crippen LogP contribution in [0, 0.1) is 12.8 Å². The fraction of sp³-hybridized carbons (Fsp3) is 0.381. The topological polar surface area (TPSA) is 95.1 Å². The van der Waals surface area contributed by atoms with Crippen LogP contribution in [0.2, 0.25) is 0 Å². The fourth-order valence-electron chi connectivity index (χ4n) is 4.14. The number of imidazole rings is 1. The Bertz CT molecular complexity index is 1090. The van der Waals surface area contributed by atoms with Crippen LogP contribution in [0.1, 0.15) is 34.2 Å². The van der Waals surface area contributed by atoms with Gasteiger partial charge in [-0.1, -0.05) is 41.7 Å². The lowest BCUT2D eigenvalue weighted by Crippen LogP contribution is -2.40. The summed E-state index contributed by atoms with van der Waals surface area (Å²) in [7, 11) is 0. The van der Waals surface area contributed by atoms with Gasteiger partial charge in [-0.3, -0.25) is 14.5 Å². The third kappa shape index (κ3) is 3.60. The summed E-state index contributed by atoms with van der Waals surface area (Å²) in [6, 6.07) is 10.0. The largest absolute Gasteiger partial charge is 0.344 e. The molecule has 2 amide bonds. The molecule has 154 valence electrons. The number of hydrogen-bond acceptors (Lipinski definition) is 6. The number of anilines is 1. The van der Waals surface area contributed by atoms with Crippen molar-refractivity contribution in [1.82, 2.24) is 25.1 Å². The summed E-state index contributed by atoms with van der Waals surface area (Å²) >= 11 is 1.42. The van der Waals surface area contributed by atoms with Crippen LogP contribution in [-0.2, 0) is 29.0 Å². The minimum absolute atomic E-state index is 0.0257. The molecule has 2 aromatic heterocycles. The van der Waals surface area contributed by atoms with E-state index in [0.29, 0.717) is 31.2 Å². The van der Waals surface area contributed by atoms with Crippen molar-refractivity contribution < 1.29 is 9.59 Å². The minimum atomic E-state index is -0.343. The molecule has 4 heterocycles. The molecule has 3 aromatic rings. The molecule has 9 heteroatoms. The summed E-state index contributed by atoms with van der Waals surface area (Å²) in [6.45, 7) is 3.45. The molecule has 30 heavy (non-hydrogen) atoms. The highest BCUT2D eigenvalue weighted by Gasteiger charge is 2.39. The lowest BCUT2D eigenvalue weighted by molar-refractivity contribution is -0.136. The first-order chi connectivity index (χ1) is 14.6. The number of nitrogens with zero attached hydrogens (tertiary/aromatic N) is 5. The lowest BCUT2D eigenvalue weighted by atomic mass is 10.0. The molecule has 1 fully saturated rings. The summed E-state index contributed by atoms with van der Waals surface area (Å²) in [5.41, 5.74) is 3.20. The van der Waals surface area contributed by atoms with E-state index >= 15 is 0 Å². The molecule has 0 aliphatic carbocycles. The molecule has 1 saturated heterocycles. The van der Waals surface area contributed by atoms with Gasteiger partial charge in [0.05, 0.1) is 23.9 Å². The molecular formula is C21H22N6O2S. The van der Waals surface area contributed by atoms with E-state index in [1.54, 1.807) is 4.90 Å². The van der Waals surface area contributed by atoms with Gasteiger partial charge in [0.15, 0.2) is 0 Å². The third-order valence-corrected chi connectivity index (χ3v) is 6.57. The zero-order valence-electron chi connectivity index (χ0n) is 16.7. The number of aromatic nitrogens is 4. The van der Waals surface area contributed by atoms with Crippen molar-refractivity contribution in [3.63, 3.8) is 0 Å². The van der Waals surface area contributed by atoms with Crippen molar-refractivity contribution in [3.05, 3.63) is 58.1 Å². The summed E-state index contributed by atoms with van der Waals surface area (Å²) in [6.07, 6.45) is 1.65. The molecule has 5 rings (SSSR count). The van der Waals surface area contributed by atoms with E-state index in [1.165, 1.54) is 11.3 Å². The number of benzene rings is 1. The molecule has 8 nitrogen and oxygen atoms in total. The number of aromatic amines is 1. The predicted octanol–water partition coefficient (Wildman–Crippen LogP) is 2.10. The Hall–Kier alpha value is -3.07. The van der Waals surface area contributed by atoms with Crippen molar-refractivity contribution in [2.24, 2.45) is 5.92 Å². The first-order valence-electron chi connectivity index (χ1n) is 10.1. The van der Waals surface area contributed by atoms with Crippen LogP contribution < -0.4 is 4.90 Å². The molecule has 2 aliphatic rings. The Labute approximate surface area is 178 Å². The Kier molecular flexibility index (Phi) is 4.82. The Morgan fingerprint density at radius 2 is 2.10 bits per heavy atom. The summed E-state index contributed by atoms with van der Waals surface area (Å²) < 4.78 is 0. The number of carbonyl (C=O) groups is 2. The van der Waals surface area contributed by atoms with Gasteiger partial charge in [-0.2, -0.15) is 0 Å². The van der Waals surface area contributed by atoms with Crippen molar-refractivity contribution in [3.8, 4) is 0 Å². The Balaban J connectivity index is 1.25. The average molecular weight is 423 g/mol. The van der Waals surface area contributed by atoms with Crippen LogP contribution in [0.4, 0.5) is 5.13 Å². The minimum Gasteiger partial charge on any atom is -0.344 e. The second-order valence-electron chi connectivity index (χ2n) is 7.80. The maximum absolute atomic E-state index is 13.1. The van der Waals surface area contributed by atoms with Gasteiger partial charge in [-0.25, -0.2) is 4.98 Å². The van der Waals surface area contributed by atoms with Gasteiger partial charge in [0, 0.05) is 32.4 Å². The van der Waals surface area contributed by atoms with Crippen LogP contribution in [0.3, 0.4) is 0 Å². The van der Waals surface area contributed by atoms with Crippen LogP contribution in [0.15, 0.2) is 30.3 Å². The van der Waals surface area contributed by atoms with E-state index in [-0.39, 0.29) is 24.2 Å². The van der Waals surface area contributed by atoms with E-state index in [4.69, 9.17) is 0 Å². The molecular weight excluding hydrogens is 400 g/mol. The monoisotopic (exact) mass is 422 g/mol. The maximum atomic E-state index is 13.1. The second kappa shape index (κ2) is 7.64. The predicted molar refractivity (Wildman–Crippen MR) is 112 cm³/mol. The number of fused-ring (bicyclic) bond motifs is 1. The molecule has 2 aliphatic heterocycles. The number of hydrogen-bond donors (Lipinski definition) is 1. The first-order valence-corrected chi connectivity index (χ1v) is 10.9. The molecule has 1 unspecified atom stereocenters. The summed E-state index contributed by atoms with van der Waals surface area (Å²) in [5, 5.41) is 9.90. The number of rotatable bonds is 4. The molecule has 0 bridgehead atoms. The van der Waals surface area contributed by atoms with Crippen LogP contribution >= 0.6 is 11.3 Å². The highest BCUT2D eigenvalue weighted by molar-refractivity contribution is 7.15. The van der Waals surface area contributed by atoms with Crippen molar-refractivity contribution >= 4 is 28.3 Å². The summed E-state index contributed by atoms with van der Waals surface area (Å²) in [4.78, 5) is 36.8. The molecule has 1 N–H and O–H groups in total. The molecule has 0 radical (unpaired) electrons. The van der Waals surface area contributed by atoms with E-state index < -0.39 is 0 Å². The quantitative estimate of drug-likeness (QED) is 0.695. The Morgan fingerprint density at radius 3 is 2.93 bits per heavy atom. The van der Waals surface area contributed by atoms with E-state index in [1.807, 2.05) is 42.2 Å². The van der Waals surface area contributed by atoms with Crippen molar-refractivity contribution in [1.29, 1.82) is 0 Å². The lowest BCUT2D eigenvalue weighted by Gasteiger charge is -2.28. The zero-order valence-corrected chi connectivity index (χ0v) is 17.5. The van der Waals surface area contributed by atoms with Crippen molar-refractivity contribution in [2.75, 3.05) is 18.0 Å². The van der Waals surface area contributed by atoms with Crippen LogP contribution in [0.5, 0.6) is 0 Å². The van der Waals surface area contributed by atoms with Crippen LogP contribution in [-0.4, -0.2) is 50.0 Å². The standard InChI is InChI=1S/C21H22N6O2S/c1-13-22-16-7-8-26(12-17(16)23-13)20(29)15-10-19(28)27(11-15)21-25-24-18(30-21)9-14-5-3-2-4-6-14/h2-6,15H,7-12H2,1H3,(H,22,23). The van der Waals surface area contributed by atoms with Gasteiger partial charge in [-0.15, -0.1) is 10.2 Å². The number of amides is 2.